The van der Waals surface area contributed by atoms with Crippen molar-refractivity contribution in [1.29, 1.82) is 0 Å². The number of nitrogens with one attached hydrogen (secondary N) is 1. The fraction of sp³-hybridized carbons (Fsp3) is 0.333. The van der Waals surface area contributed by atoms with E-state index in [2.05, 4.69) is 10.3 Å². The molecule has 1 heterocycles. The van der Waals surface area contributed by atoms with Crippen LogP contribution in [0.4, 0.5) is 0 Å². The van der Waals surface area contributed by atoms with Crippen LogP contribution in [0.5, 0.6) is 5.75 Å². The Bertz CT molecular complexity index is 628. The molecule has 1 aromatic heterocycles. The molecule has 0 bridgehead atoms. The van der Waals surface area contributed by atoms with Crippen LogP contribution in [0.3, 0.4) is 0 Å². The average Bonchev–Trinajstić information content (AvgIpc) is 2.86. The van der Waals surface area contributed by atoms with Crippen molar-refractivity contribution in [3.05, 3.63) is 44.9 Å². The first-order chi connectivity index (χ1) is 10.0. The van der Waals surface area contributed by atoms with E-state index < -0.39 is 0 Å². The molecular weight excluding hydrogens is 308 g/mol. The van der Waals surface area contributed by atoms with Crippen LogP contribution in [0.25, 0.3) is 0 Å². The summed E-state index contributed by atoms with van der Waals surface area (Å²) < 4.78 is 5.43. The number of ether oxygens (including phenoxy) is 1. The highest BCUT2D eigenvalue weighted by Crippen LogP contribution is 2.20. The number of rotatable bonds is 6. The summed E-state index contributed by atoms with van der Waals surface area (Å²) in [6.45, 7) is 4.42. The smallest absolute Gasteiger partial charge is 0.257 e. The number of carbonyl (C=O) groups excluding carboxylic acids is 1. The van der Waals surface area contributed by atoms with Gasteiger partial charge in [0.15, 0.2) is 6.61 Å². The number of carbonyl (C=O) groups is 1. The summed E-state index contributed by atoms with van der Waals surface area (Å²) in [5, 5.41) is 6.54. The number of aromatic nitrogens is 1. The third-order valence-corrected chi connectivity index (χ3v) is 4.12. The number of benzene rings is 1. The Morgan fingerprint density at radius 3 is 2.90 bits per heavy atom. The molecule has 1 amide bonds. The highest BCUT2D eigenvalue weighted by atomic mass is 35.5. The van der Waals surface area contributed by atoms with Gasteiger partial charge < -0.3 is 10.1 Å². The molecule has 21 heavy (non-hydrogen) atoms. The van der Waals surface area contributed by atoms with Gasteiger partial charge in [-0.3, -0.25) is 4.79 Å². The fourth-order valence-corrected chi connectivity index (χ4v) is 2.52. The highest BCUT2D eigenvalue weighted by molar-refractivity contribution is 7.09. The zero-order valence-electron chi connectivity index (χ0n) is 12.0. The topological polar surface area (TPSA) is 51.2 Å². The molecule has 0 atom stereocenters. The van der Waals surface area contributed by atoms with Gasteiger partial charge in [0, 0.05) is 23.4 Å². The van der Waals surface area contributed by atoms with E-state index in [1.165, 1.54) is 0 Å². The maximum Gasteiger partial charge on any atom is 0.257 e. The molecule has 0 fully saturated rings. The molecule has 0 aliphatic carbocycles. The minimum atomic E-state index is -0.144. The number of aryl methyl sites for hydroxylation is 2. The van der Waals surface area contributed by atoms with Crippen LogP contribution in [0.1, 0.15) is 16.3 Å². The van der Waals surface area contributed by atoms with Gasteiger partial charge >= 0.3 is 0 Å². The minimum absolute atomic E-state index is 0.00281. The maximum absolute atomic E-state index is 11.7. The molecular formula is C15H17ClN2O2S. The van der Waals surface area contributed by atoms with Gasteiger partial charge in [0.1, 0.15) is 5.75 Å². The summed E-state index contributed by atoms with van der Waals surface area (Å²) in [4.78, 5) is 16.0. The van der Waals surface area contributed by atoms with E-state index in [1.807, 2.05) is 25.3 Å². The number of halogens is 1. The zero-order chi connectivity index (χ0) is 15.2. The Kier molecular flexibility index (Phi) is 5.59. The van der Waals surface area contributed by atoms with Crippen LogP contribution in [0.15, 0.2) is 23.6 Å². The first-order valence-corrected chi connectivity index (χ1v) is 7.87. The van der Waals surface area contributed by atoms with Gasteiger partial charge in [-0.15, -0.1) is 11.3 Å². The van der Waals surface area contributed by atoms with Crippen molar-refractivity contribution < 1.29 is 9.53 Å². The van der Waals surface area contributed by atoms with Crippen molar-refractivity contribution in [1.82, 2.24) is 10.3 Å². The van der Waals surface area contributed by atoms with Crippen LogP contribution in [0.2, 0.25) is 5.02 Å². The van der Waals surface area contributed by atoms with E-state index in [-0.39, 0.29) is 12.5 Å². The molecule has 0 saturated carbocycles. The SMILES string of the molecule is Cc1nc(CCNC(=O)COc2ccc(Cl)c(C)c2)cs1. The van der Waals surface area contributed by atoms with E-state index in [0.29, 0.717) is 17.3 Å². The van der Waals surface area contributed by atoms with Gasteiger partial charge in [-0.2, -0.15) is 0 Å². The summed E-state index contributed by atoms with van der Waals surface area (Å²) in [6, 6.07) is 5.32. The lowest BCUT2D eigenvalue weighted by Crippen LogP contribution is -2.30. The fourth-order valence-electron chi connectivity index (χ4n) is 1.76. The van der Waals surface area contributed by atoms with E-state index >= 15 is 0 Å². The summed E-state index contributed by atoms with van der Waals surface area (Å²) in [5.41, 5.74) is 1.93. The lowest BCUT2D eigenvalue weighted by Gasteiger charge is -2.08. The van der Waals surface area contributed by atoms with Crippen LogP contribution >= 0.6 is 22.9 Å². The monoisotopic (exact) mass is 324 g/mol. The standard InChI is InChI=1S/C15H17ClN2O2S/c1-10-7-13(3-4-14(10)16)20-8-15(19)17-6-5-12-9-21-11(2)18-12/h3-4,7,9H,5-6,8H2,1-2H3,(H,17,19). The lowest BCUT2D eigenvalue weighted by atomic mass is 10.2. The van der Waals surface area contributed by atoms with Crippen LogP contribution < -0.4 is 10.1 Å². The van der Waals surface area contributed by atoms with Crippen LogP contribution in [-0.4, -0.2) is 24.0 Å². The molecule has 2 aromatic rings. The third-order valence-electron chi connectivity index (χ3n) is 2.87. The molecule has 0 aliphatic heterocycles. The lowest BCUT2D eigenvalue weighted by molar-refractivity contribution is -0.123. The Balaban J connectivity index is 1.70. The number of hydrogen-bond donors (Lipinski definition) is 1. The molecule has 1 aromatic carbocycles. The molecule has 0 unspecified atom stereocenters. The molecule has 0 saturated heterocycles. The minimum Gasteiger partial charge on any atom is -0.484 e. The molecule has 0 radical (unpaired) electrons. The second-order valence-electron chi connectivity index (χ2n) is 4.66. The number of thiazole rings is 1. The van der Waals surface area contributed by atoms with Gasteiger partial charge in [0.05, 0.1) is 10.7 Å². The van der Waals surface area contributed by atoms with Crippen molar-refractivity contribution in [3.8, 4) is 5.75 Å². The van der Waals surface area contributed by atoms with Gasteiger partial charge in [0.25, 0.3) is 5.91 Å². The first-order valence-electron chi connectivity index (χ1n) is 6.61. The van der Waals surface area contributed by atoms with E-state index in [0.717, 1.165) is 22.7 Å². The van der Waals surface area contributed by atoms with E-state index in [1.54, 1.807) is 23.5 Å². The maximum atomic E-state index is 11.7. The molecule has 0 spiro atoms. The number of nitrogens with zero attached hydrogens (tertiary/aromatic N) is 1. The number of amides is 1. The second-order valence-corrected chi connectivity index (χ2v) is 6.13. The quantitative estimate of drug-likeness (QED) is 0.888. The Morgan fingerprint density at radius 1 is 1.43 bits per heavy atom. The Morgan fingerprint density at radius 2 is 2.24 bits per heavy atom. The zero-order valence-corrected chi connectivity index (χ0v) is 13.6. The van der Waals surface area contributed by atoms with Gasteiger partial charge in [-0.1, -0.05) is 11.6 Å². The van der Waals surface area contributed by atoms with Crippen molar-refractivity contribution in [2.75, 3.05) is 13.2 Å². The van der Waals surface area contributed by atoms with Crippen molar-refractivity contribution >= 4 is 28.8 Å². The molecule has 1 N–H and O–H groups in total. The number of hydrogen-bond acceptors (Lipinski definition) is 4. The summed E-state index contributed by atoms with van der Waals surface area (Å²) in [5.74, 6) is 0.497. The third kappa shape index (κ3) is 5.02. The van der Waals surface area contributed by atoms with Crippen molar-refractivity contribution in [3.63, 3.8) is 0 Å². The highest BCUT2D eigenvalue weighted by Gasteiger charge is 2.05. The van der Waals surface area contributed by atoms with Gasteiger partial charge in [0.2, 0.25) is 0 Å². The molecule has 4 nitrogen and oxygen atoms in total. The largest absolute Gasteiger partial charge is 0.484 e. The van der Waals surface area contributed by atoms with E-state index in [9.17, 15) is 4.79 Å². The van der Waals surface area contributed by atoms with Crippen LogP contribution in [-0.2, 0) is 11.2 Å². The van der Waals surface area contributed by atoms with Crippen molar-refractivity contribution in [2.45, 2.75) is 20.3 Å². The first kappa shape index (κ1) is 15.8. The molecule has 6 heteroatoms. The summed E-state index contributed by atoms with van der Waals surface area (Å²) in [6.07, 6.45) is 0.732. The predicted octanol–water partition coefficient (Wildman–Crippen LogP) is 3.15. The van der Waals surface area contributed by atoms with Crippen molar-refractivity contribution in [2.24, 2.45) is 0 Å². The molecule has 0 aliphatic rings. The van der Waals surface area contributed by atoms with Gasteiger partial charge in [-0.25, -0.2) is 4.98 Å². The van der Waals surface area contributed by atoms with Crippen LogP contribution in [0, 0.1) is 13.8 Å². The molecule has 2 rings (SSSR count). The Hall–Kier alpha value is -1.59. The molecule has 112 valence electrons. The second kappa shape index (κ2) is 7.43. The summed E-state index contributed by atoms with van der Waals surface area (Å²) in [7, 11) is 0. The normalized spacial score (nSPS) is 10.4. The summed E-state index contributed by atoms with van der Waals surface area (Å²) >= 11 is 7.55. The predicted molar refractivity (Wildman–Crippen MR) is 85.2 cm³/mol. The van der Waals surface area contributed by atoms with Gasteiger partial charge in [-0.05, 0) is 37.6 Å². The average molecular weight is 325 g/mol. The van der Waals surface area contributed by atoms with E-state index in [4.69, 9.17) is 16.3 Å². The Labute approximate surface area is 133 Å².